The number of thiocarbonyl (C=S) groups is 1. The average Bonchev–Trinajstić information content (AvgIpc) is 2.26. The number of nitrogens with two attached hydrogens (primary N) is 1. The molecule has 1 heterocycles. The minimum atomic E-state index is -0.251. The summed E-state index contributed by atoms with van der Waals surface area (Å²) in [5.74, 6) is 0.0195. The first-order valence-electron chi connectivity index (χ1n) is 6.17. The monoisotopic (exact) mass is 273 g/mol. The van der Waals surface area contributed by atoms with Crippen molar-refractivity contribution in [2.24, 2.45) is 5.73 Å². The first-order valence-corrected chi connectivity index (χ1v) is 6.58. The summed E-state index contributed by atoms with van der Waals surface area (Å²) in [6.45, 7) is 9.64. The molecule has 6 heteroatoms. The van der Waals surface area contributed by atoms with Gasteiger partial charge in [-0.3, -0.25) is 9.69 Å². The second-order valence-electron chi connectivity index (χ2n) is 5.67. The summed E-state index contributed by atoms with van der Waals surface area (Å²) in [5.41, 5.74) is 5.36. The van der Waals surface area contributed by atoms with E-state index in [1.54, 1.807) is 0 Å². The van der Waals surface area contributed by atoms with Gasteiger partial charge in [-0.2, -0.15) is 0 Å². The first-order chi connectivity index (χ1) is 8.20. The third-order valence-electron chi connectivity index (χ3n) is 2.84. The van der Waals surface area contributed by atoms with Crippen molar-refractivity contribution in [3.63, 3.8) is 0 Å². The molecule has 2 unspecified atom stereocenters. The summed E-state index contributed by atoms with van der Waals surface area (Å²) in [4.78, 5) is 14.5. The van der Waals surface area contributed by atoms with E-state index in [1.807, 2.05) is 27.7 Å². The molecule has 0 spiro atoms. The van der Waals surface area contributed by atoms with E-state index in [9.17, 15) is 4.79 Å². The van der Waals surface area contributed by atoms with Crippen LogP contribution < -0.4 is 11.1 Å². The van der Waals surface area contributed by atoms with Crippen LogP contribution >= 0.6 is 12.2 Å². The maximum absolute atomic E-state index is 12.1. The summed E-state index contributed by atoms with van der Waals surface area (Å²) in [6.07, 6.45) is -0.251. The minimum absolute atomic E-state index is 0.0195. The highest BCUT2D eigenvalue weighted by Crippen LogP contribution is 2.11. The molecule has 1 aliphatic rings. The van der Waals surface area contributed by atoms with Crippen molar-refractivity contribution in [1.29, 1.82) is 0 Å². The molecule has 1 amide bonds. The van der Waals surface area contributed by atoms with Crippen LogP contribution in [0, 0.1) is 0 Å². The standard InChI is InChI=1S/C12H23N3O2S/c1-8(11(16)14-12(2,3)4)15-5-6-17-9(7-15)10(13)18/h8-9H,5-7H2,1-4H3,(H2,13,18)(H,14,16). The van der Waals surface area contributed by atoms with E-state index < -0.39 is 0 Å². The van der Waals surface area contributed by atoms with E-state index in [1.165, 1.54) is 0 Å². The normalized spacial score (nSPS) is 23.4. The van der Waals surface area contributed by atoms with Gasteiger partial charge in [-0.25, -0.2) is 0 Å². The smallest absolute Gasteiger partial charge is 0.237 e. The summed E-state index contributed by atoms with van der Waals surface area (Å²) >= 11 is 4.93. The van der Waals surface area contributed by atoms with Crippen LogP contribution in [0.3, 0.4) is 0 Å². The first kappa shape index (κ1) is 15.3. The number of rotatable bonds is 3. The zero-order chi connectivity index (χ0) is 13.9. The molecule has 18 heavy (non-hydrogen) atoms. The molecule has 0 aliphatic carbocycles. The predicted octanol–water partition coefficient (Wildman–Crippen LogP) is 0.277. The maximum atomic E-state index is 12.1. The molecule has 0 aromatic rings. The number of nitrogens with zero attached hydrogens (tertiary/aromatic N) is 1. The lowest BCUT2D eigenvalue weighted by atomic mass is 10.1. The van der Waals surface area contributed by atoms with Crippen LogP contribution in [-0.4, -0.2) is 53.2 Å². The van der Waals surface area contributed by atoms with Gasteiger partial charge in [0.25, 0.3) is 0 Å². The summed E-state index contributed by atoms with van der Waals surface area (Å²) < 4.78 is 5.46. The molecule has 2 atom stereocenters. The maximum Gasteiger partial charge on any atom is 0.237 e. The molecule has 0 saturated carbocycles. The van der Waals surface area contributed by atoms with Gasteiger partial charge in [-0.15, -0.1) is 0 Å². The molecular formula is C12H23N3O2S. The molecule has 1 fully saturated rings. The van der Waals surface area contributed by atoms with Crippen molar-refractivity contribution in [2.75, 3.05) is 19.7 Å². The molecule has 0 radical (unpaired) electrons. The molecule has 1 saturated heterocycles. The van der Waals surface area contributed by atoms with Crippen LogP contribution in [0.2, 0.25) is 0 Å². The second kappa shape index (κ2) is 5.95. The van der Waals surface area contributed by atoms with E-state index in [2.05, 4.69) is 10.2 Å². The highest BCUT2D eigenvalue weighted by molar-refractivity contribution is 7.80. The quantitative estimate of drug-likeness (QED) is 0.723. The fourth-order valence-corrected chi connectivity index (χ4v) is 1.98. The molecule has 3 N–H and O–H groups in total. The molecule has 0 bridgehead atoms. The number of nitrogens with one attached hydrogen (secondary N) is 1. The van der Waals surface area contributed by atoms with Gasteiger partial charge >= 0.3 is 0 Å². The fraction of sp³-hybridized carbons (Fsp3) is 0.833. The van der Waals surface area contributed by atoms with E-state index in [0.717, 1.165) is 6.54 Å². The number of carbonyl (C=O) groups excluding carboxylic acids is 1. The predicted molar refractivity (Wildman–Crippen MR) is 75.5 cm³/mol. The molecule has 1 aliphatic heterocycles. The van der Waals surface area contributed by atoms with Crippen LogP contribution in [0.5, 0.6) is 0 Å². The van der Waals surface area contributed by atoms with Gasteiger partial charge in [0.2, 0.25) is 5.91 Å². The molecular weight excluding hydrogens is 250 g/mol. The van der Waals surface area contributed by atoms with E-state index in [-0.39, 0.29) is 23.6 Å². The summed E-state index contributed by atoms with van der Waals surface area (Å²) in [5, 5.41) is 2.97. The van der Waals surface area contributed by atoms with Crippen LogP contribution in [0.15, 0.2) is 0 Å². The molecule has 5 nitrogen and oxygen atoms in total. The van der Waals surface area contributed by atoms with Crippen LogP contribution in [0.25, 0.3) is 0 Å². The van der Waals surface area contributed by atoms with Crippen LogP contribution in [0.4, 0.5) is 0 Å². The highest BCUT2D eigenvalue weighted by atomic mass is 32.1. The zero-order valence-corrected chi connectivity index (χ0v) is 12.3. The Balaban J connectivity index is 2.58. The summed E-state index contributed by atoms with van der Waals surface area (Å²) in [6, 6.07) is -0.204. The van der Waals surface area contributed by atoms with Gasteiger partial charge in [0.1, 0.15) is 11.1 Å². The number of carbonyl (C=O) groups is 1. The molecule has 0 aromatic carbocycles. The number of ether oxygens (including phenoxy) is 1. The third kappa shape index (κ3) is 4.51. The lowest BCUT2D eigenvalue weighted by Crippen LogP contribution is -2.56. The van der Waals surface area contributed by atoms with E-state index >= 15 is 0 Å². The van der Waals surface area contributed by atoms with Crippen molar-refractivity contribution >= 4 is 23.1 Å². The van der Waals surface area contributed by atoms with Crippen LogP contribution in [0.1, 0.15) is 27.7 Å². The Kier molecular flexibility index (Phi) is 5.07. The van der Waals surface area contributed by atoms with Gasteiger partial charge in [0, 0.05) is 18.6 Å². The molecule has 104 valence electrons. The number of hydrogen-bond acceptors (Lipinski definition) is 4. The SMILES string of the molecule is CC(C(=O)NC(C)(C)C)N1CCOC(C(N)=S)C1. The lowest BCUT2D eigenvalue weighted by Gasteiger charge is -2.36. The van der Waals surface area contributed by atoms with E-state index in [0.29, 0.717) is 18.1 Å². The minimum Gasteiger partial charge on any atom is -0.391 e. The highest BCUT2D eigenvalue weighted by Gasteiger charge is 2.30. The van der Waals surface area contributed by atoms with E-state index in [4.69, 9.17) is 22.7 Å². The molecule has 1 rings (SSSR count). The lowest BCUT2D eigenvalue weighted by molar-refractivity contribution is -0.129. The fourth-order valence-electron chi connectivity index (χ4n) is 1.83. The van der Waals surface area contributed by atoms with Crippen LogP contribution in [-0.2, 0) is 9.53 Å². The number of morpholine rings is 1. The van der Waals surface area contributed by atoms with Gasteiger partial charge in [0.05, 0.1) is 12.6 Å². The third-order valence-corrected chi connectivity index (χ3v) is 3.10. The van der Waals surface area contributed by atoms with Crippen molar-refractivity contribution in [2.45, 2.75) is 45.4 Å². The second-order valence-corrected chi connectivity index (χ2v) is 6.14. The van der Waals surface area contributed by atoms with Gasteiger partial charge in [-0.1, -0.05) is 12.2 Å². The number of hydrogen-bond donors (Lipinski definition) is 2. The largest absolute Gasteiger partial charge is 0.391 e. The van der Waals surface area contributed by atoms with Crippen molar-refractivity contribution in [3.8, 4) is 0 Å². The van der Waals surface area contributed by atoms with Gasteiger partial charge in [-0.05, 0) is 27.7 Å². The summed E-state index contributed by atoms with van der Waals surface area (Å²) in [7, 11) is 0. The topological polar surface area (TPSA) is 67.6 Å². The average molecular weight is 273 g/mol. The Hall–Kier alpha value is -0.720. The van der Waals surface area contributed by atoms with Crippen molar-refractivity contribution in [3.05, 3.63) is 0 Å². The van der Waals surface area contributed by atoms with Gasteiger partial charge in [0.15, 0.2) is 0 Å². The number of amides is 1. The Bertz CT molecular complexity index is 328. The molecule has 0 aromatic heterocycles. The van der Waals surface area contributed by atoms with Gasteiger partial charge < -0.3 is 15.8 Å². The zero-order valence-electron chi connectivity index (χ0n) is 11.5. The Morgan fingerprint density at radius 3 is 2.67 bits per heavy atom. The Labute approximate surface area is 114 Å². The van der Waals surface area contributed by atoms with Crippen molar-refractivity contribution < 1.29 is 9.53 Å². The Morgan fingerprint density at radius 2 is 2.17 bits per heavy atom. The van der Waals surface area contributed by atoms with Crippen molar-refractivity contribution in [1.82, 2.24) is 10.2 Å². The Morgan fingerprint density at radius 1 is 1.56 bits per heavy atom.